The average molecular weight is 343 g/mol. The van der Waals surface area contributed by atoms with E-state index in [2.05, 4.69) is 20.3 Å². The number of imidazole rings is 1. The summed E-state index contributed by atoms with van der Waals surface area (Å²) in [6.45, 7) is -0.103. The molecule has 1 fully saturated rings. The van der Waals surface area contributed by atoms with Crippen LogP contribution in [0.2, 0.25) is 0 Å². The molecule has 128 valence electrons. The fourth-order valence-corrected chi connectivity index (χ4v) is 2.70. The number of amides is 1. The number of aliphatic hydroxyl groups excluding tert-OH is 1. The summed E-state index contributed by atoms with van der Waals surface area (Å²) in [7, 11) is 0. The number of aliphatic hydroxyl groups is 1. The van der Waals surface area contributed by atoms with Gasteiger partial charge in [-0.2, -0.15) is 0 Å². The van der Waals surface area contributed by atoms with Crippen LogP contribution >= 0.6 is 0 Å². The molecule has 2 aromatic heterocycles. The van der Waals surface area contributed by atoms with E-state index in [9.17, 15) is 14.3 Å². The van der Waals surface area contributed by atoms with Crippen molar-refractivity contribution in [3.05, 3.63) is 48.5 Å². The summed E-state index contributed by atoms with van der Waals surface area (Å²) in [4.78, 5) is 24.6. The number of benzene rings is 1. The number of halogens is 1. The summed E-state index contributed by atoms with van der Waals surface area (Å²) >= 11 is 0. The van der Waals surface area contributed by atoms with Gasteiger partial charge in [-0.1, -0.05) is 18.2 Å². The van der Waals surface area contributed by atoms with E-state index in [0.717, 1.165) is 0 Å². The molecule has 0 radical (unpaired) electrons. The van der Waals surface area contributed by atoms with E-state index < -0.39 is 18.5 Å². The van der Waals surface area contributed by atoms with Crippen LogP contribution in [0.3, 0.4) is 0 Å². The van der Waals surface area contributed by atoms with Gasteiger partial charge < -0.3 is 15.2 Å². The van der Waals surface area contributed by atoms with Crippen molar-refractivity contribution in [2.75, 3.05) is 11.9 Å². The number of anilines is 1. The van der Waals surface area contributed by atoms with E-state index in [1.54, 1.807) is 24.3 Å². The monoisotopic (exact) mass is 343 g/mol. The van der Waals surface area contributed by atoms with Crippen LogP contribution in [0.4, 0.5) is 10.2 Å². The maximum absolute atomic E-state index is 14.1. The second-order valence-electron chi connectivity index (χ2n) is 5.60. The first-order chi connectivity index (χ1) is 12.1. The quantitative estimate of drug-likeness (QED) is 0.743. The molecule has 25 heavy (non-hydrogen) atoms. The molecule has 0 unspecified atom stereocenters. The molecule has 0 aliphatic carbocycles. The van der Waals surface area contributed by atoms with E-state index in [1.165, 1.54) is 17.2 Å². The molecule has 1 aliphatic heterocycles. The maximum Gasteiger partial charge on any atom is 0.256 e. The third-order valence-electron chi connectivity index (χ3n) is 3.98. The van der Waals surface area contributed by atoms with Gasteiger partial charge in [0, 0.05) is 5.56 Å². The van der Waals surface area contributed by atoms with Crippen molar-refractivity contribution in [2.24, 2.45) is 0 Å². The molecule has 1 amide bonds. The molecule has 3 aromatic rings. The van der Waals surface area contributed by atoms with Crippen LogP contribution in [0.1, 0.15) is 16.6 Å². The predicted molar refractivity (Wildman–Crippen MR) is 85.6 cm³/mol. The molecule has 4 rings (SSSR count). The molecular weight excluding hydrogens is 329 g/mol. The van der Waals surface area contributed by atoms with Gasteiger partial charge in [-0.15, -0.1) is 0 Å². The Labute approximate surface area is 141 Å². The predicted octanol–water partition coefficient (Wildman–Crippen LogP) is 1.31. The van der Waals surface area contributed by atoms with Crippen molar-refractivity contribution >= 4 is 22.9 Å². The standard InChI is InChI=1S/C16H14FN5O3/c17-11-10(23)6-25-16(11)22-8-20-12-13(18-7-19-14(12)22)21-15(24)9-4-2-1-3-5-9/h1-5,7-8,10-11,16,23H,6H2,(H,18,19,21,24)/t10-,11-,16-/m1/s1. The molecule has 0 spiro atoms. The Morgan fingerprint density at radius 1 is 1.28 bits per heavy atom. The largest absolute Gasteiger partial charge is 0.387 e. The van der Waals surface area contributed by atoms with E-state index in [-0.39, 0.29) is 18.3 Å². The van der Waals surface area contributed by atoms with Gasteiger partial charge >= 0.3 is 0 Å². The highest BCUT2D eigenvalue weighted by Crippen LogP contribution is 2.30. The fraction of sp³-hybridized carbons (Fsp3) is 0.250. The molecule has 8 nitrogen and oxygen atoms in total. The lowest BCUT2D eigenvalue weighted by Gasteiger charge is -2.14. The van der Waals surface area contributed by atoms with Gasteiger partial charge in [0.2, 0.25) is 0 Å². The third-order valence-corrected chi connectivity index (χ3v) is 3.98. The second-order valence-corrected chi connectivity index (χ2v) is 5.60. The number of ether oxygens (including phenoxy) is 1. The molecule has 1 saturated heterocycles. The van der Waals surface area contributed by atoms with Gasteiger partial charge in [0.25, 0.3) is 5.91 Å². The van der Waals surface area contributed by atoms with Crippen molar-refractivity contribution in [1.29, 1.82) is 0 Å². The topological polar surface area (TPSA) is 102 Å². The summed E-state index contributed by atoms with van der Waals surface area (Å²) in [5.41, 5.74) is 1.09. The smallest absolute Gasteiger partial charge is 0.256 e. The van der Waals surface area contributed by atoms with Crippen LogP contribution in [0, 0.1) is 0 Å². The van der Waals surface area contributed by atoms with Crippen molar-refractivity contribution in [1.82, 2.24) is 19.5 Å². The Morgan fingerprint density at radius 2 is 2.08 bits per heavy atom. The summed E-state index contributed by atoms with van der Waals surface area (Å²) in [5.74, 6) is -0.127. The molecule has 2 N–H and O–H groups in total. The van der Waals surface area contributed by atoms with Crippen molar-refractivity contribution in [3.63, 3.8) is 0 Å². The van der Waals surface area contributed by atoms with Crippen LogP contribution in [-0.2, 0) is 4.74 Å². The average Bonchev–Trinajstić information content (AvgIpc) is 3.20. The van der Waals surface area contributed by atoms with Gasteiger partial charge in [0.05, 0.1) is 12.9 Å². The third kappa shape index (κ3) is 2.73. The lowest BCUT2D eigenvalue weighted by molar-refractivity contribution is 0.0237. The number of aromatic nitrogens is 4. The minimum atomic E-state index is -1.59. The lowest BCUT2D eigenvalue weighted by atomic mass is 10.2. The molecule has 9 heteroatoms. The molecule has 1 aliphatic rings. The summed E-state index contributed by atoms with van der Waals surface area (Å²) in [6.07, 6.45) is -1.20. The highest BCUT2D eigenvalue weighted by Gasteiger charge is 2.38. The second kappa shape index (κ2) is 6.19. The Kier molecular flexibility index (Phi) is 3.86. The number of carbonyl (C=O) groups is 1. The van der Waals surface area contributed by atoms with Crippen molar-refractivity contribution in [3.8, 4) is 0 Å². The molecule has 3 atom stereocenters. The first kappa shape index (κ1) is 15.6. The van der Waals surface area contributed by atoms with E-state index >= 15 is 0 Å². The number of rotatable bonds is 3. The number of hydrogen-bond donors (Lipinski definition) is 2. The number of nitrogens with zero attached hydrogens (tertiary/aromatic N) is 4. The summed E-state index contributed by atoms with van der Waals surface area (Å²) < 4.78 is 20.7. The van der Waals surface area contributed by atoms with Gasteiger partial charge in [-0.25, -0.2) is 19.3 Å². The minimum Gasteiger partial charge on any atom is -0.387 e. The zero-order chi connectivity index (χ0) is 17.4. The molecular formula is C16H14FN5O3. The SMILES string of the molecule is O=C(Nc1ncnc2c1ncn2[C@@H]1OC[C@@H](O)[C@H]1F)c1ccccc1. The van der Waals surface area contributed by atoms with E-state index in [0.29, 0.717) is 16.7 Å². The number of carbonyl (C=O) groups excluding carboxylic acids is 1. The normalized spacial score (nSPS) is 23.0. The molecule has 0 saturated carbocycles. The first-order valence-electron chi connectivity index (χ1n) is 7.63. The van der Waals surface area contributed by atoms with Crippen LogP contribution in [0.25, 0.3) is 11.2 Å². The highest BCUT2D eigenvalue weighted by molar-refractivity contribution is 6.06. The van der Waals surface area contributed by atoms with E-state index in [1.807, 2.05) is 6.07 Å². The molecule has 1 aromatic carbocycles. The van der Waals surface area contributed by atoms with Crippen LogP contribution < -0.4 is 5.32 Å². The van der Waals surface area contributed by atoms with Gasteiger partial charge in [0.1, 0.15) is 12.4 Å². The van der Waals surface area contributed by atoms with Gasteiger partial charge in [-0.05, 0) is 12.1 Å². The first-order valence-corrected chi connectivity index (χ1v) is 7.63. The number of fused-ring (bicyclic) bond motifs is 1. The Hall–Kier alpha value is -2.91. The lowest BCUT2D eigenvalue weighted by Crippen LogP contribution is -2.24. The number of nitrogens with one attached hydrogen (secondary N) is 1. The summed E-state index contributed by atoms with van der Waals surface area (Å²) in [6, 6.07) is 8.67. The van der Waals surface area contributed by atoms with E-state index in [4.69, 9.17) is 4.74 Å². The van der Waals surface area contributed by atoms with Gasteiger partial charge in [-0.3, -0.25) is 9.36 Å². The zero-order valence-corrected chi connectivity index (χ0v) is 12.9. The Balaban J connectivity index is 1.67. The fourth-order valence-electron chi connectivity index (χ4n) is 2.70. The number of hydrogen-bond acceptors (Lipinski definition) is 6. The Morgan fingerprint density at radius 3 is 2.80 bits per heavy atom. The Bertz CT molecular complexity index is 917. The van der Waals surface area contributed by atoms with Crippen LogP contribution in [0.15, 0.2) is 43.0 Å². The zero-order valence-electron chi connectivity index (χ0n) is 12.9. The highest BCUT2D eigenvalue weighted by atomic mass is 19.1. The summed E-state index contributed by atoms with van der Waals surface area (Å²) in [5, 5.41) is 12.2. The molecule has 3 heterocycles. The van der Waals surface area contributed by atoms with Crippen LogP contribution in [0.5, 0.6) is 0 Å². The van der Waals surface area contributed by atoms with Crippen molar-refractivity contribution < 1.29 is 19.0 Å². The minimum absolute atomic E-state index is 0.103. The van der Waals surface area contributed by atoms with Crippen molar-refractivity contribution in [2.45, 2.75) is 18.5 Å². The number of alkyl halides is 1. The van der Waals surface area contributed by atoms with Gasteiger partial charge in [0.15, 0.2) is 29.4 Å². The van der Waals surface area contributed by atoms with Crippen LogP contribution in [-0.4, -0.2) is 49.4 Å². The molecule has 0 bridgehead atoms. The maximum atomic E-state index is 14.1.